The molecule has 0 amide bonds. The van der Waals surface area contributed by atoms with Crippen LogP contribution in [0.25, 0.3) is 0 Å². The first-order chi connectivity index (χ1) is 8.69. The lowest BCUT2D eigenvalue weighted by Crippen LogP contribution is -2.35. The fourth-order valence-corrected chi connectivity index (χ4v) is 3.26. The van der Waals surface area contributed by atoms with Gasteiger partial charge in [0.15, 0.2) is 0 Å². The number of rotatable bonds is 4. The minimum absolute atomic E-state index is 0.271. The maximum Gasteiger partial charge on any atom is 0.0420 e. The van der Waals surface area contributed by atoms with Crippen molar-refractivity contribution >= 4 is 15.9 Å². The van der Waals surface area contributed by atoms with E-state index in [1.54, 1.807) is 0 Å². The predicted octanol–water partition coefficient (Wildman–Crippen LogP) is 3.93. The zero-order valence-electron chi connectivity index (χ0n) is 11.1. The summed E-state index contributed by atoms with van der Waals surface area (Å²) in [6.45, 7) is 2.30. The third-order valence-corrected chi connectivity index (χ3v) is 4.71. The Morgan fingerprint density at radius 2 is 2.28 bits per heavy atom. The smallest absolute Gasteiger partial charge is 0.0420 e. The van der Waals surface area contributed by atoms with E-state index >= 15 is 0 Å². The molecule has 1 aliphatic carbocycles. The van der Waals surface area contributed by atoms with Gasteiger partial charge in [-0.15, -0.1) is 0 Å². The summed E-state index contributed by atoms with van der Waals surface area (Å²) in [7, 11) is 0. The van der Waals surface area contributed by atoms with E-state index in [2.05, 4.69) is 33.9 Å². The van der Waals surface area contributed by atoms with Crippen LogP contribution in [0.4, 0.5) is 0 Å². The van der Waals surface area contributed by atoms with Gasteiger partial charge >= 0.3 is 0 Å². The summed E-state index contributed by atoms with van der Waals surface area (Å²) in [5.41, 5.74) is 7.50. The fraction of sp³-hybridized carbons (Fsp3) is 0.667. The first kappa shape index (κ1) is 14.0. The summed E-state index contributed by atoms with van der Waals surface area (Å²) in [5.74, 6) is 1.59. The van der Waals surface area contributed by atoms with Crippen molar-refractivity contribution in [2.45, 2.75) is 51.5 Å². The van der Waals surface area contributed by atoms with Crippen LogP contribution in [0.5, 0.6) is 0 Å². The van der Waals surface area contributed by atoms with Gasteiger partial charge in [-0.3, -0.25) is 4.98 Å². The molecule has 18 heavy (non-hydrogen) atoms. The van der Waals surface area contributed by atoms with Crippen LogP contribution in [-0.2, 0) is 6.42 Å². The number of aromatic nitrogens is 1. The third-order valence-electron chi connectivity index (χ3n) is 4.24. The van der Waals surface area contributed by atoms with Crippen LogP contribution < -0.4 is 5.73 Å². The van der Waals surface area contributed by atoms with Crippen molar-refractivity contribution in [1.29, 1.82) is 0 Å². The van der Waals surface area contributed by atoms with Crippen molar-refractivity contribution in [3.05, 3.63) is 28.5 Å². The van der Waals surface area contributed by atoms with Crippen molar-refractivity contribution < 1.29 is 0 Å². The molecule has 1 aromatic heterocycles. The molecule has 2 rings (SSSR count). The van der Waals surface area contributed by atoms with Crippen molar-refractivity contribution in [3.63, 3.8) is 0 Å². The van der Waals surface area contributed by atoms with Gasteiger partial charge in [0.25, 0.3) is 0 Å². The molecule has 1 aliphatic rings. The average Bonchev–Trinajstić information content (AvgIpc) is 2.41. The molecule has 2 N–H and O–H groups in total. The summed E-state index contributed by atoms with van der Waals surface area (Å²) in [6.07, 6.45) is 9.44. The molecule has 3 atom stereocenters. The summed E-state index contributed by atoms with van der Waals surface area (Å²) in [6, 6.07) is 4.39. The highest BCUT2D eigenvalue weighted by Gasteiger charge is 2.25. The zero-order valence-corrected chi connectivity index (χ0v) is 12.7. The molecule has 1 fully saturated rings. The summed E-state index contributed by atoms with van der Waals surface area (Å²) >= 11 is 3.41. The van der Waals surface area contributed by atoms with Gasteiger partial charge in [0.2, 0.25) is 0 Å². The van der Waals surface area contributed by atoms with E-state index in [4.69, 9.17) is 5.73 Å². The average molecular weight is 311 g/mol. The highest BCUT2D eigenvalue weighted by Crippen LogP contribution is 2.33. The third kappa shape index (κ3) is 3.79. The van der Waals surface area contributed by atoms with Gasteiger partial charge in [-0.2, -0.15) is 0 Å². The van der Waals surface area contributed by atoms with E-state index in [1.807, 2.05) is 12.3 Å². The summed E-state index contributed by atoms with van der Waals surface area (Å²) < 4.78 is 1.03. The number of pyridine rings is 1. The first-order valence-electron chi connectivity index (χ1n) is 7.05. The van der Waals surface area contributed by atoms with Crippen LogP contribution in [0.2, 0.25) is 0 Å². The first-order valence-corrected chi connectivity index (χ1v) is 7.84. The molecule has 0 aromatic carbocycles. The van der Waals surface area contributed by atoms with Crippen LogP contribution in [0.1, 0.15) is 44.7 Å². The predicted molar refractivity (Wildman–Crippen MR) is 79.4 cm³/mol. The molecule has 0 aliphatic heterocycles. The molecule has 1 heterocycles. The van der Waals surface area contributed by atoms with Gasteiger partial charge in [0, 0.05) is 28.8 Å². The van der Waals surface area contributed by atoms with Gasteiger partial charge in [-0.25, -0.2) is 0 Å². The van der Waals surface area contributed by atoms with Crippen LogP contribution in [-0.4, -0.2) is 11.0 Å². The molecular formula is C15H23BrN2. The second kappa shape index (κ2) is 6.67. The Hall–Kier alpha value is -0.410. The standard InChI is InChI=1S/C15H23BrN2/c1-2-11-4-3-5-12(8-11)15(17)9-14-7-6-13(16)10-18-14/h6-7,10-12,15H,2-5,8-9,17H2,1H3. The number of nitrogens with zero attached hydrogens (tertiary/aromatic N) is 1. The minimum Gasteiger partial charge on any atom is -0.327 e. The van der Waals surface area contributed by atoms with Gasteiger partial charge < -0.3 is 5.73 Å². The van der Waals surface area contributed by atoms with Crippen molar-refractivity contribution in [1.82, 2.24) is 4.98 Å². The second-order valence-corrected chi connectivity index (χ2v) is 6.45. The van der Waals surface area contributed by atoms with E-state index in [9.17, 15) is 0 Å². The van der Waals surface area contributed by atoms with Crippen LogP contribution in [0, 0.1) is 11.8 Å². The summed E-state index contributed by atoms with van der Waals surface area (Å²) in [5, 5.41) is 0. The Kier molecular flexibility index (Phi) is 5.19. The van der Waals surface area contributed by atoms with Crippen molar-refractivity contribution in [2.75, 3.05) is 0 Å². The van der Waals surface area contributed by atoms with Gasteiger partial charge in [-0.05, 0) is 52.7 Å². The number of nitrogens with two attached hydrogens (primary N) is 1. The molecule has 2 nitrogen and oxygen atoms in total. The normalized spacial score (nSPS) is 25.9. The highest BCUT2D eigenvalue weighted by molar-refractivity contribution is 9.10. The Bertz CT molecular complexity index is 363. The zero-order chi connectivity index (χ0) is 13.0. The quantitative estimate of drug-likeness (QED) is 0.915. The molecule has 3 heteroatoms. The molecule has 1 saturated carbocycles. The number of hydrogen-bond donors (Lipinski definition) is 1. The monoisotopic (exact) mass is 310 g/mol. The Morgan fingerprint density at radius 3 is 2.94 bits per heavy atom. The van der Waals surface area contributed by atoms with Crippen LogP contribution in [0.15, 0.2) is 22.8 Å². The van der Waals surface area contributed by atoms with Crippen LogP contribution >= 0.6 is 15.9 Å². The van der Waals surface area contributed by atoms with Crippen molar-refractivity contribution in [2.24, 2.45) is 17.6 Å². The molecule has 100 valence electrons. The van der Waals surface area contributed by atoms with E-state index in [0.717, 1.165) is 22.5 Å². The van der Waals surface area contributed by atoms with Gasteiger partial charge in [0.05, 0.1) is 0 Å². The Labute approximate surface area is 119 Å². The molecule has 0 radical (unpaired) electrons. The van der Waals surface area contributed by atoms with E-state index < -0.39 is 0 Å². The Balaban J connectivity index is 1.90. The molecule has 3 unspecified atom stereocenters. The second-order valence-electron chi connectivity index (χ2n) is 5.54. The largest absolute Gasteiger partial charge is 0.327 e. The number of hydrogen-bond acceptors (Lipinski definition) is 2. The van der Waals surface area contributed by atoms with Gasteiger partial charge in [0.1, 0.15) is 0 Å². The van der Waals surface area contributed by atoms with Crippen LogP contribution in [0.3, 0.4) is 0 Å². The molecular weight excluding hydrogens is 288 g/mol. The highest BCUT2D eigenvalue weighted by atomic mass is 79.9. The lowest BCUT2D eigenvalue weighted by molar-refractivity contribution is 0.228. The van der Waals surface area contributed by atoms with E-state index in [0.29, 0.717) is 5.92 Å². The molecule has 1 aromatic rings. The fourth-order valence-electron chi connectivity index (χ4n) is 3.03. The summed E-state index contributed by atoms with van der Waals surface area (Å²) in [4.78, 5) is 4.43. The van der Waals surface area contributed by atoms with Crippen molar-refractivity contribution in [3.8, 4) is 0 Å². The maximum absolute atomic E-state index is 6.38. The lowest BCUT2D eigenvalue weighted by Gasteiger charge is -2.32. The lowest BCUT2D eigenvalue weighted by atomic mass is 9.76. The number of halogens is 1. The Morgan fingerprint density at radius 1 is 1.44 bits per heavy atom. The topological polar surface area (TPSA) is 38.9 Å². The minimum atomic E-state index is 0.271. The SMILES string of the molecule is CCC1CCCC(C(N)Cc2ccc(Br)cn2)C1. The molecule has 0 saturated heterocycles. The van der Waals surface area contributed by atoms with E-state index in [-0.39, 0.29) is 6.04 Å². The molecule has 0 bridgehead atoms. The maximum atomic E-state index is 6.38. The van der Waals surface area contributed by atoms with Gasteiger partial charge in [-0.1, -0.05) is 26.2 Å². The van der Waals surface area contributed by atoms with E-state index in [1.165, 1.54) is 32.1 Å². The molecule has 0 spiro atoms.